The van der Waals surface area contributed by atoms with Gasteiger partial charge in [-0.2, -0.15) is 13.2 Å². The zero-order chi connectivity index (χ0) is 18.8. The van der Waals surface area contributed by atoms with Gasteiger partial charge in [0, 0.05) is 33.5 Å². The Kier molecular flexibility index (Phi) is 5.02. The molecule has 7 nitrogen and oxygen atoms in total. The van der Waals surface area contributed by atoms with Crippen molar-refractivity contribution in [2.75, 3.05) is 24.3 Å². The van der Waals surface area contributed by atoms with E-state index in [1.165, 1.54) is 25.5 Å². The van der Waals surface area contributed by atoms with Crippen LogP contribution in [0, 0.1) is 0 Å². The molecule has 136 valence electrons. The lowest BCUT2D eigenvalue weighted by Gasteiger charge is -2.29. The molecule has 0 radical (unpaired) electrons. The Balaban J connectivity index is 2.19. The minimum atomic E-state index is -5.07. The van der Waals surface area contributed by atoms with E-state index in [0.717, 1.165) is 10.8 Å². The average Bonchev–Trinajstić information content (AvgIpc) is 2.93. The number of nitrogens with one attached hydrogen (secondary N) is 1. The van der Waals surface area contributed by atoms with Crippen LogP contribution in [0.2, 0.25) is 0 Å². The number of pyridine rings is 1. The molecule has 0 spiro atoms. The number of hydrogen-bond acceptors (Lipinski definition) is 5. The van der Waals surface area contributed by atoms with Crippen molar-refractivity contribution >= 4 is 17.4 Å². The summed E-state index contributed by atoms with van der Waals surface area (Å²) in [6.07, 6.45) is -2.60. The van der Waals surface area contributed by atoms with E-state index in [4.69, 9.17) is 0 Å². The fraction of sp³-hybridized carbons (Fsp3) is 0.400. The number of aliphatic hydroxyl groups is 1. The number of imidazole rings is 1. The number of halogens is 3. The third kappa shape index (κ3) is 3.90. The van der Waals surface area contributed by atoms with Gasteiger partial charge in [0.1, 0.15) is 5.82 Å². The Bertz CT molecular complexity index is 742. The van der Waals surface area contributed by atoms with Crippen LogP contribution in [0.1, 0.15) is 12.2 Å². The molecular formula is C15H18F3N5O2. The molecule has 1 atom stereocenters. The fourth-order valence-electron chi connectivity index (χ4n) is 2.23. The first-order chi connectivity index (χ1) is 11.5. The summed E-state index contributed by atoms with van der Waals surface area (Å²) in [6, 6.07) is 3.11. The minimum Gasteiger partial charge on any atom is -0.374 e. The summed E-state index contributed by atoms with van der Waals surface area (Å²) in [5.74, 6) is -1.05. The smallest absolute Gasteiger partial charge is 0.374 e. The van der Waals surface area contributed by atoms with Crippen LogP contribution in [0.25, 0.3) is 0 Å². The summed E-state index contributed by atoms with van der Waals surface area (Å²) >= 11 is 0. The Morgan fingerprint density at radius 1 is 1.32 bits per heavy atom. The molecule has 0 saturated carbocycles. The van der Waals surface area contributed by atoms with Crippen LogP contribution in [0.5, 0.6) is 0 Å². The Morgan fingerprint density at radius 3 is 2.44 bits per heavy atom. The molecule has 25 heavy (non-hydrogen) atoms. The molecule has 0 aliphatic carbocycles. The summed E-state index contributed by atoms with van der Waals surface area (Å²) in [6.45, 7) is 0. The number of aryl methyl sites for hydroxylation is 1. The lowest BCUT2D eigenvalue weighted by Crippen LogP contribution is -2.46. The topological polar surface area (TPSA) is 83.3 Å². The van der Waals surface area contributed by atoms with Gasteiger partial charge in [0.2, 0.25) is 11.5 Å². The van der Waals surface area contributed by atoms with E-state index in [2.05, 4.69) is 15.3 Å². The minimum absolute atomic E-state index is 0.222. The van der Waals surface area contributed by atoms with Crippen molar-refractivity contribution in [3.8, 4) is 0 Å². The van der Waals surface area contributed by atoms with Gasteiger partial charge < -0.3 is 19.9 Å². The van der Waals surface area contributed by atoms with Gasteiger partial charge in [-0.3, -0.25) is 4.79 Å². The molecule has 2 aromatic rings. The van der Waals surface area contributed by atoms with E-state index in [0.29, 0.717) is 5.82 Å². The summed E-state index contributed by atoms with van der Waals surface area (Å²) in [5, 5.41) is 12.5. The van der Waals surface area contributed by atoms with Gasteiger partial charge in [-0.05, 0) is 12.1 Å². The Morgan fingerprint density at radius 2 is 2.00 bits per heavy atom. The highest BCUT2D eigenvalue weighted by Crippen LogP contribution is 2.40. The normalized spacial score (nSPS) is 14.0. The Hall–Kier alpha value is -2.62. The highest BCUT2D eigenvalue weighted by atomic mass is 19.4. The van der Waals surface area contributed by atoms with Crippen molar-refractivity contribution in [2.45, 2.75) is 18.2 Å². The van der Waals surface area contributed by atoms with E-state index >= 15 is 0 Å². The number of anilines is 2. The van der Waals surface area contributed by atoms with Crippen molar-refractivity contribution in [2.24, 2.45) is 7.05 Å². The maximum atomic E-state index is 13.4. The monoisotopic (exact) mass is 357 g/mol. The number of rotatable bonds is 5. The van der Waals surface area contributed by atoms with Crippen molar-refractivity contribution in [3.05, 3.63) is 36.5 Å². The van der Waals surface area contributed by atoms with Crippen LogP contribution in [0.3, 0.4) is 0 Å². The van der Waals surface area contributed by atoms with Gasteiger partial charge in [-0.25, -0.2) is 9.97 Å². The zero-order valence-electron chi connectivity index (χ0n) is 13.9. The molecule has 2 heterocycles. The molecule has 0 aromatic carbocycles. The van der Waals surface area contributed by atoms with E-state index in [1.807, 2.05) is 0 Å². The number of alkyl halides is 3. The van der Waals surface area contributed by atoms with Crippen molar-refractivity contribution in [1.29, 1.82) is 0 Å². The van der Waals surface area contributed by atoms with Gasteiger partial charge in [0.15, 0.2) is 5.82 Å². The van der Waals surface area contributed by atoms with Crippen molar-refractivity contribution < 1.29 is 23.1 Å². The average molecular weight is 357 g/mol. The molecule has 0 aliphatic rings. The second-order valence-electron chi connectivity index (χ2n) is 5.74. The van der Waals surface area contributed by atoms with E-state index in [9.17, 15) is 23.1 Å². The molecular weight excluding hydrogens is 339 g/mol. The quantitative estimate of drug-likeness (QED) is 0.850. The van der Waals surface area contributed by atoms with Gasteiger partial charge in [-0.1, -0.05) is 0 Å². The number of carbonyl (C=O) groups excluding carboxylic acids is 1. The summed E-state index contributed by atoms with van der Waals surface area (Å²) < 4.78 is 41.2. The van der Waals surface area contributed by atoms with Gasteiger partial charge in [0.05, 0.1) is 18.3 Å². The molecule has 0 bridgehead atoms. The van der Waals surface area contributed by atoms with Crippen LogP contribution in [0.4, 0.5) is 24.7 Å². The first-order valence-electron chi connectivity index (χ1n) is 7.25. The number of aromatic nitrogens is 3. The molecule has 0 saturated heterocycles. The van der Waals surface area contributed by atoms with Crippen molar-refractivity contribution in [1.82, 2.24) is 14.5 Å². The maximum Gasteiger partial charge on any atom is 0.425 e. The molecule has 0 aliphatic heterocycles. The number of hydrogen-bond donors (Lipinski definition) is 2. The fourth-order valence-corrected chi connectivity index (χ4v) is 2.23. The van der Waals surface area contributed by atoms with Gasteiger partial charge >= 0.3 is 6.18 Å². The van der Waals surface area contributed by atoms with E-state index in [-0.39, 0.29) is 5.69 Å². The lowest BCUT2D eigenvalue weighted by molar-refractivity contribution is -0.270. The number of amides is 1. The molecule has 1 amide bonds. The maximum absolute atomic E-state index is 13.4. The van der Waals surface area contributed by atoms with Crippen molar-refractivity contribution in [3.63, 3.8) is 0 Å². The van der Waals surface area contributed by atoms with Crippen LogP contribution in [-0.2, 0) is 17.4 Å². The summed E-state index contributed by atoms with van der Waals surface area (Å²) in [7, 11) is 4.86. The lowest BCUT2D eigenvalue weighted by atomic mass is 9.97. The molecule has 0 fully saturated rings. The summed E-state index contributed by atoms with van der Waals surface area (Å²) in [5.41, 5.74) is -3.17. The first kappa shape index (κ1) is 18.7. The van der Waals surface area contributed by atoms with Crippen LogP contribution in [0.15, 0.2) is 30.7 Å². The Labute approximate surface area is 142 Å². The summed E-state index contributed by atoms with van der Waals surface area (Å²) in [4.78, 5) is 21.4. The van der Waals surface area contributed by atoms with Gasteiger partial charge in [-0.15, -0.1) is 0 Å². The van der Waals surface area contributed by atoms with Crippen LogP contribution >= 0.6 is 0 Å². The zero-order valence-corrected chi connectivity index (χ0v) is 13.9. The number of carbonyl (C=O) groups is 1. The first-order valence-corrected chi connectivity index (χ1v) is 7.25. The molecule has 10 heteroatoms. The van der Waals surface area contributed by atoms with Crippen LogP contribution < -0.4 is 10.2 Å². The molecule has 2 aromatic heterocycles. The predicted molar refractivity (Wildman–Crippen MR) is 85.0 cm³/mol. The molecule has 2 rings (SSSR count). The third-order valence-corrected chi connectivity index (χ3v) is 3.57. The van der Waals surface area contributed by atoms with Gasteiger partial charge in [0.25, 0.3) is 0 Å². The molecule has 2 N–H and O–H groups in total. The SMILES string of the molecule is CN(C)c1ccc(NC(=O)C[C@@](O)(c2nccn2C)C(F)(F)F)cn1. The highest BCUT2D eigenvalue weighted by Gasteiger charge is 2.58. The largest absolute Gasteiger partial charge is 0.425 e. The second kappa shape index (κ2) is 6.71. The third-order valence-electron chi connectivity index (χ3n) is 3.57. The van der Waals surface area contributed by atoms with Crippen LogP contribution in [-0.4, -0.2) is 45.8 Å². The second-order valence-corrected chi connectivity index (χ2v) is 5.74. The molecule has 0 unspecified atom stereocenters. The standard InChI is InChI=1S/C15H18F3N5O2/c1-22(2)11-5-4-10(9-20-11)21-12(24)8-14(25,15(16,17)18)13-19-6-7-23(13)3/h4-7,9,25H,8H2,1-3H3,(H,21,24)/t14-/m1/s1. The van der Waals surface area contributed by atoms with E-state index in [1.54, 1.807) is 25.1 Å². The predicted octanol–water partition coefficient (Wildman–Crippen LogP) is 1.66. The van der Waals surface area contributed by atoms with E-state index < -0.39 is 29.9 Å². The number of nitrogens with zero attached hydrogens (tertiary/aromatic N) is 4. The highest BCUT2D eigenvalue weighted by molar-refractivity contribution is 5.91.